The van der Waals surface area contributed by atoms with Gasteiger partial charge in [0, 0.05) is 12.6 Å². The molecule has 21 heavy (non-hydrogen) atoms. The predicted octanol–water partition coefficient (Wildman–Crippen LogP) is 2.57. The quantitative estimate of drug-likeness (QED) is 0.782. The number of ether oxygens (including phenoxy) is 1. The highest BCUT2D eigenvalue weighted by molar-refractivity contribution is 5.94. The van der Waals surface area contributed by atoms with Crippen molar-refractivity contribution in [3.8, 4) is 0 Å². The summed E-state index contributed by atoms with van der Waals surface area (Å²) < 4.78 is 5.36. The van der Waals surface area contributed by atoms with Gasteiger partial charge in [-0.3, -0.25) is 9.59 Å². The Morgan fingerprint density at radius 2 is 2.33 bits per heavy atom. The molecule has 0 unspecified atom stereocenters. The number of rotatable bonds is 7. The van der Waals surface area contributed by atoms with Crippen molar-refractivity contribution in [3.63, 3.8) is 0 Å². The molecule has 114 valence electrons. The fraction of sp³-hybridized carbons (Fsp3) is 0.562. The van der Waals surface area contributed by atoms with Crippen LogP contribution in [0.15, 0.2) is 24.4 Å². The zero-order valence-electron chi connectivity index (χ0n) is 12.6. The third-order valence-electron chi connectivity index (χ3n) is 3.89. The van der Waals surface area contributed by atoms with Crippen molar-refractivity contribution in [3.05, 3.63) is 24.4 Å². The molecule has 1 fully saturated rings. The fourth-order valence-electron chi connectivity index (χ4n) is 2.57. The molecule has 5 heteroatoms. The van der Waals surface area contributed by atoms with E-state index in [2.05, 4.69) is 17.2 Å². The predicted molar refractivity (Wildman–Crippen MR) is 79.9 cm³/mol. The summed E-state index contributed by atoms with van der Waals surface area (Å²) in [6.07, 6.45) is 4.96. The van der Waals surface area contributed by atoms with E-state index in [1.54, 1.807) is 19.2 Å². The molecule has 2 rings (SSSR count). The zero-order chi connectivity index (χ0) is 15.3. The Morgan fingerprint density at radius 1 is 1.52 bits per heavy atom. The Bertz CT molecular complexity index is 504. The molecule has 1 aromatic heterocycles. The average molecular weight is 290 g/mol. The Hall–Kier alpha value is -1.91. The molecule has 1 N–H and O–H groups in total. The molecule has 0 aliphatic carbocycles. The molecule has 1 saturated heterocycles. The summed E-state index contributed by atoms with van der Waals surface area (Å²) >= 11 is 0. The lowest BCUT2D eigenvalue weighted by Gasteiger charge is -2.21. The minimum absolute atomic E-state index is 0.111. The van der Waals surface area contributed by atoms with Crippen molar-refractivity contribution in [2.24, 2.45) is 5.92 Å². The van der Waals surface area contributed by atoms with Crippen LogP contribution in [0.2, 0.25) is 0 Å². The Balaban J connectivity index is 1.91. The number of ketones is 1. The summed E-state index contributed by atoms with van der Waals surface area (Å²) in [7, 11) is 0. The number of hydrogen-bond donors (Lipinski definition) is 1. The largest absolute Gasteiger partial charge is 0.451 e. The van der Waals surface area contributed by atoms with Crippen LogP contribution in [-0.2, 0) is 14.3 Å². The summed E-state index contributed by atoms with van der Waals surface area (Å²) in [5.41, 5.74) is -1.00. The van der Waals surface area contributed by atoms with Crippen molar-refractivity contribution in [2.45, 2.75) is 45.1 Å². The number of esters is 1. The second-order valence-electron chi connectivity index (χ2n) is 5.69. The van der Waals surface area contributed by atoms with E-state index in [0.717, 1.165) is 19.3 Å². The van der Waals surface area contributed by atoms with Gasteiger partial charge in [-0.2, -0.15) is 0 Å². The molecular weight excluding hydrogens is 268 g/mol. The number of aromatic nitrogens is 1. The van der Waals surface area contributed by atoms with E-state index < -0.39 is 5.60 Å². The highest BCUT2D eigenvalue weighted by atomic mass is 16.6. The number of carbonyl (C=O) groups excluding carboxylic acids is 2. The van der Waals surface area contributed by atoms with Gasteiger partial charge in [-0.25, -0.2) is 4.98 Å². The molecule has 1 aliphatic heterocycles. The Morgan fingerprint density at radius 3 is 3.00 bits per heavy atom. The number of hydrogen-bond acceptors (Lipinski definition) is 5. The topological polar surface area (TPSA) is 68.3 Å². The standard InChI is InChI=1S/C16H22N2O3/c1-3-4-7-12-10-16(2,21-15(12)20)13(19)11-18-14-8-5-6-9-17-14/h5-6,8-9,12H,3-4,7,10-11H2,1-2H3,(H,17,18)/t12-,16-/m1/s1. The van der Waals surface area contributed by atoms with Crippen LogP contribution in [0, 0.1) is 5.92 Å². The van der Waals surface area contributed by atoms with E-state index in [1.165, 1.54) is 0 Å². The molecule has 1 aliphatic rings. The van der Waals surface area contributed by atoms with Gasteiger partial charge in [-0.15, -0.1) is 0 Å². The molecule has 1 aromatic rings. The Kier molecular flexibility index (Phi) is 4.94. The molecule has 2 heterocycles. The van der Waals surface area contributed by atoms with E-state index in [4.69, 9.17) is 4.74 Å². The maximum atomic E-state index is 12.3. The van der Waals surface area contributed by atoms with E-state index >= 15 is 0 Å². The minimum Gasteiger partial charge on any atom is -0.451 e. The SMILES string of the molecule is CCCC[C@@H]1C[C@](C)(C(=O)CNc2ccccn2)OC1=O. The highest BCUT2D eigenvalue weighted by Gasteiger charge is 2.47. The molecule has 0 spiro atoms. The number of pyridine rings is 1. The van der Waals surface area contributed by atoms with Crippen LogP contribution in [0.1, 0.15) is 39.5 Å². The van der Waals surface area contributed by atoms with Crippen molar-refractivity contribution in [1.29, 1.82) is 0 Å². The minimum atomic E-state index is -1.00. The number of carbonyl (C=O) groups is 2. The molecule has 0 saturated carbocycles. The fourth-order valence-corrected chi connectivity index (χ4v) is 2.57. The number of anilines is 1. The third kappa shape index (κ3) is 3.80. The first-order valence-corrected chi connectivity index (χ1v) is 7.46. The number of nitrogens with one attached hydrogen (secondary N) is 1. The lowest BCUT2D eigenvalue weighted by atomic mass is 9.89. The molecular formula is C16H22N2O3. The molecule has 0 bridgehead atoms. The summed E-state index contributed by atoms with van der Waals surface area (Å²) in [5.74, 6) is 0.146. The summed E-state index contributed by atoms with van der Waals surface area (Å²) in [5, 5.41) is 2.97. The maximum absolute atomic E-state index is 12.3. The van der Waals surface area contributed by atoms with Gasteiger partial charge >= 0.3 is 5.97 Å². The van der Waals surface area contributed by atoms with Crippen LogP contribution in [0.25, 0.3) is 0 Å². The molecule has 0 aromatic carbocycles. The van der Waals surface area contributed by atoms with Crippen LogP contribution in [0.3, 0.4) is 0 Å². The molecule has 0 radical (unpaired) electrons. The molecule has 5 nitrogen and oxygen atoms in total. The summed E-state index contributed by atoms with van der Waals surface area (Å²) in [6.45, 7) is 3.90. The van der Waals surface area contributed by atoms with Crippen molar-refractivity contribution < 1.29 is 14.3 Å². The van der Waals surface area contributed by atoms with Crippen LogP contribution < -0.4 is 5.32 Å². The van der Waals surface area contributed by atoms with E-state index in [1.807, 2.05) is 12.1 Å². The van der Waals surface area contributed by atoms with Crippen LogP contribution >= 0.6 is 0 Å². The van der Waals surface area contributed by atoms with Crippen molar-refractivity contribution >= 4 is 17.6 Å². The van der Waals surface area contributed by atoms with Gasteiger partial charge in [0.2, 0.25) is 0 Å². The number of cyclic esters (lactones) is 1. The van der Waals surface area contributed by atoms with Crippen LogP contribution in [-0.4, -0.2) is 28.9 Å². The van der Waals surface area contributed by atoms with Gasteiger partial charge in [-0.1, -0.05) is 25.8 Å². The zero-order valence-corrected chi connectivity index (χ0v) is 12.6. The van der Waals surface area contributed by atoms with E-state index in [0.29, 0.717) is 12.2 Å². The second kappa shape index (κ2) is 6.70. The van der Waals surface area contributed by atoms with E-state index in [-0.39, 0.29) is 24.2 Å². The van der Waals surface area contributed by atoms with Gasteiger partial charge in [0.15, 0.2) is 11.4 Å². The first-order chi connectivity index (χ1) is 10.0. The number of nitrogens with zero attached hydrogens (tertiary/aromatic N) is 1. The lowest BCUT2D eigenvalue weighted by Crippen LogP contribution is -2.39. The molecule has 2 atom stereocenters. The summed E-state index contributed by atoms with van der Waals surface area (Å²) in [6, 6.07) is 5.45. The highest BCUT2D eigenvalue weighted by Crippen LogP contribution is 2.34. The monoisotopic (exact) mass is 290 g/mol. The summed E-state index contributed by atoms with van der Waals surface area (Å²) in [4.78, 5) is 28.3. The first kappa shape index (κ1) is 15.5. The second-order valence-corrected chi connectivity index (χ2v) is 5.69. The third-order valence-corrected chi connectivity index (χ3v) is 3.89. The van der Waals surface area contributed by atoms with E-state index in [9.17, 15) is 9.59 Å². The van der Waals surface area contributed by atoms with Crippen molar-refractivity contribution in [1.82, 2.24) is 4.98 Å². The van der Waals surface area contributed by atoms with Gasteiger partial charge in [0.25, 0.3) is 0 Å². The van der Waals surface area contributed by atoms with Gasteiger partial charge < -0.3 is 10.1 Å². The Labute approximate surface area is 125 Å². The first-order valence-electron chi connectivity index (χ1n) is 7.46. The van der Waals surface area contributed by atoms with Gasteiger partial charge in [0.1, 0.15) is 5.82 Å². The average Bonchev–Trinajstić information content (AvgIpc) is 2.79. The number of Topliss-reactive ketones (excluding diaryl/α,β-unsaturated/α-hetero) is 1. The van der Waals surface area contributed by atoms with Gasteiger partial charge in [-0.05, 0) is 25.5 Å². The van der Waals surface area contributed by atoms with Crippen LogP contribution in [0.5, 0.6) is 0 Å². The normalized spacial score (nSPS) is 24.7. The lowest BCUT2D eigenvalue weighted by molar-refractivity contribution is -0.156. The van der Waals surface area contributed by atoms with Gasteiger partial charge in [0.05, 0.1) is 12.5 Å². The smallest absolute Gasteiger partial charge is 0.310 e. The van der Waals surface area contributed by atoms with Crippen molar-refractivity contribution in [2.75, 3.05) is 11.9 Å². The molecule has 0 amide bonds. The number of unbranched alkanes of at least 4 members (excludes halogenated alkanes) is 1. The van der Waals surface area contributed by atoms with Crippen LogP contribution in [0.4, 0.5) is 5.82 Å². The maximum Gasteiger partial charge on any atom is 0.310 e.